The van der Waals surface area contributed by atoms with Gasteiger partial charge in [0, 0.05) is 6.07 Å². The minimum atomic E-state index is -4.80. The van der Waals surface area contributed by atoms with E-state index in [1.165, 1.54) is 14.0 Å². The van der Waals surface area contributed by atoms with Gasteiger partial charge in [0.05, 0.1) is 12.8 Å². The van der Waals surface area contributed by atoms with Crippen molar-refractivity contribution in [2.24, 2.45) is 0 Å². The van der Waals surface area contributed by atoms with Crippen LogP contribution in [-0.2, 0) is 0 Å². The Morgan fingerprint density at radius 1 is 1.33 bits per heavy atom. The first kappa shape index (κ1) is 11.4. The van der Waals surface area contributed by atoms with Crippen molar-refractivity contribution in [1.29, 1.82) is 0 Å². The van der Waals surface area contributed by atoms with Gasteiger partial charge in [-0.25, -0.2) is 0 Å². The molecule has 1 N–H and O–H groups in total. The molecule has 0 spiro atoms. The Balaban J connectivity index is 3.14. The highest BCUT2D eigenvalue weighted by Gasteiger charge is 2.32. The molecule has 0 saturated heterocycles. The summed E-state index contributed by atoms with van der Waals surface area (Å²) in [6, 6.07) is 0.891. The third-order valence-electron chi connectivity index (χ3n) is 1.60. The molecule has 1 aromatic rings. The van der Waals surface area contributed by atoms with Crippen molar-refractivity contribution >= 4 is 0 Å². The van der Waals surface area contributed by atoms with Crippen LogP contribution in [-0.4, -0.2) is 18.5 Å². The Morgan fingerprint density at radius 3 is 2.40 bits per heavy atom. The lowest BCUT2D eigenvalue weighted by Crippen LogP contribution is -2.20. The number of methoxy groups -OCH3 is 1. The van der Waals surface area contributed by atoms with Crippen LogP contribution in [0, 0.1) is 6.92 Å². The van der Waals surface area contributed by atoms with Crippen molar-refractivity contribution in [3.8, 4) is 11.5 Å². The number of rotatable bonds is 2. The summed E-state index contributed by atoms with van der Waals surface area (Å²) in [5.41, 5.74) is -0.623. The van der Waals surface area contributed by atoms with E-state index in [0.717, 1.165) is 6.07 Å². The largest absolute Gasteiger partial charge is 0.573 e. The molecule has 1 aromatic heterocycles. The first-order chi connectivity index (χ1) is 6.83. The Kier molecular flexibility index (Phi) is 2.92. The van der Waals surface area contributed by atoms with Crippen LogP contribution in [0.4, 0.5) is 13.2 Å². The van der Waals surface area contributed by atoms with Crippen LogP contribution in [0.5, 0.6) is 11.5 Å². The van der Waals surface area contributed by atoms with Crippen LogP contribution in [0.2, 0.25) is 0 Å². The Hall–Kier alpha value is -1.66. The van der Waals surface area contributed by atoms with Crippen LogP contribution >= 0.6 is 0 Å². The molecule has 7 heteroatoms. The van der Waals surface area contributed by atoms with Crippen molar-refractivity contribution in [2.45, 2.75) is 13.3 Å². The van der Waals surface area contributed by atoms with Crippen molar-refractivity contribution in [3.63, 3.8) is 0 Å². The van der Waals surface area contributed by atoms with Gasteiger partial charge < -0.3 is 14.5 Å². The molecule has 0 fully saturated rings. The molecule has 0 aromatic carbocycles. The predicted molar refractivity (Wildman–Crippen MR) is 45.0 cm³/mol. The van der Waals surface area contributed by atoms with E-state index >= 15 is 0 Å². The van der Waals surface area contributed by atoms with Crippen LogP contribution < -0.4 is 15.0 Å². The van der Waals surface area contributed by atoms with Gasteiger partial charge >= 0.3 is 6.36 Å². The molecule has 1 heterocycles. The van der Waals surface area contributed by atoms with Crippen LogP contribution in [0.1, 0.15) is 5.69 Å². The highest BCUT2D eigenvalue weighted by molar-refractivity contribution is 5.34. The maximum absolute atomic E-state index is 11.9. The number of H-pyrrole nitrogens is 1. The smallest absolute Gasteiger partial charge is 0.491 e. The summed E-state index contributed by atoms with van der Waals surface area (Å²) in [6.07, 6.45) is -4.80. The topological polar surface area (TPSA) is 51.3 Å². The fourth-order valence-electron chi connectivity index (χ4n) is 0.969. The molecule has 0 bridgehead atoms. The van der Waals surface area contributed by atoms with Crippen LogP contribution in [0.15, 0.2) is 10.9 Å². The Labute approximate surface area is 82.6 Å². The lowest BCUT2D eigenvalue weighted by atomic mass is 10.3. The van der Waals surface area contributed by atoms with Crippen molar-refractivity contribution in [3.05, 3.63) is 22.1 Å². The zero-order valence-corrected chi connectivity index (χ0v) is 7.94. The number of hydrogen-bond donors (Lipinski definition) is 1. The second-order valence-corrected chi connectivity index (χ2v) is 2.70. The minimum Gasteiger partial charge on any atom is -0.491 e. The van der Waals surface area contributed by atoms with E-state index in [1.807, 2.05) is 0 Å². The van der Waals surface area contributed by atoms with Crippen molar-refractivity contribution in [2.75, 3.05) is 7.11 Å². The number of nitrogens with one attached hydrogen (secondary N) is 1. The zero-order chi connectivity index (χ0) is 11.6. The summed E-state index contributed by atoms with van der Waals surface area (Å²) in [5, 5.41) is 0. The van der Waals surface area contributed by atoms with E-state index in [-0.39, 0.29) is 11.4 Å². The molecule has 15 heavy (non-hydrogen) atoms. The fraction of sp³-hybridized carbons (Fsp3) is 0.375. The summed E-state index contributed by atoms with van der Waals surface area (Å²) in [6.45, 7) is 1.29. The second-order valence-electron chi connectivity index (χ2n) is 2.70. The summed E-state index contributed by atoms with van der Waals surface area (Å²) < 4.78 is 44.0. The highest BCUT2D eigenvalue weighted by Crippen LogP contribution is 2.26. The normalized spacial score (nSPS) is 11.3. The molecule has 0 unspecified atom stereocenters. The number of halogens is 3. The third kappa shape index (κ3) is 2.90. The summed E-state index contributed by atoms with van der Waals surface area (Å²) >= 11 is 0. The molecule has 1 rings (SSSR count). The lowest BCUT2D eigenvalue weighted by Gasteiger charge is -2.11. The SMILES string of the molecule is COc1cc(OC(F)(F)F)c(C)[nH]c1=O. The average Bonchev–Trinajstić information content (AvgIpc) is 2.07. The summed E-state index contributed by atoms with van der Waals surface area (Å²) in [4.78, 5) is 13.2. The molecule has 0 atom stereocenters. The molecule has 0 aliphatic heterocycles. The molecule has 0 aliphatic rings. The number of alkyl halides is 3. The van der Waals surface area contributed by atoms with Gasteiger partial charge in [-0.3, -0.25) is 4.79 Å². The van der Waals surface area contributed by atoms with Crippen molar-refractivity contribution < 1.29 is 22.6 Å². The Bertz CT molecular complexity index is 411. The van der Waals surface area contributed by atoms with E-state index in [0.29, 0.717) is 0 Å². The number of hydrogen-bond acceptors (Lipinski definition) is 3. The van der Waals surface area contributed by atoms with Gasteiger partial charge in [-0.05, 0) is 6.92 Å². The van der Waals surface area contributed by atoms with E-state index in [4.69, 9.17) is 0 Å². The molecule has 0 radical (unpaired) electrons. The molecule has 0 amide bonds. The van der Waals surface area contributed by atoms with Gasteiger partial charge in [-0.15, -0.1) is 13.2 Å². The standard InChI is InChI=1S/C8H8F3NO3/c1-4-5(15-8(9,10)11)3-6(14-2)7(13)12-4/h3H,1-2H3,(H,12,13). The van der Waals surface area contributed by atoms with E-state index in [2.05, 4.69) is 14.5 Å². The minimum absolute atomic E-state index is 0.0156. The second kappa shape index (κ2) is 3.84. The monoisotopic (exact) mass is 223 g/mol. The number of aryl methyl sites for hydroxylation is 1. The maximum Gasteiger partial charge on any atom is 0.573 e. The Morgan fingerprint density at radius 2 is 1.93 bits per heavy atom. The van der Waals surface area contributed by atoms with Gasteiger partial charge in [0.2, 0.25) is 0 Å². The van der Waals surface area contributed by atoms with Crippen LogP contribution in [0.3, 0.4) is 0 Å². The molecule has 4 nitrogen and oxygen atoms in total. The maximum atomic E-state index is 11.9. The number of ether oxygens (including phenoxy) is 2. The van der Waals surface area contributed by atoms with E-state index in [1.54, 1.807) is 0 Å². The predicted octanol–water partition coefficient (Wildman–Crippen LogP) is 1.59. The molecule has 0 aliphatic carbocycles. The first-order valence-corrected chi connectivity index (χ1v) is 3.87. The molecule has 84 valence electrons. The van der Waals surface area contributed by atoms with Gasteiger partial charge in [0.15, 0.2) is 11.5 Å². The molecular weight excluding hydrogens is 215 g/mol. The van der Waals surface area contributed by atoms with E-state index in [9.17, 15) is 18.0 Å². The van der Waals surface area contributed by atoms with Crippen molar-refractivity contribution in [1.82, 2.24) is 4.98 Å². The lowest BCUT2D eigenvalue weighted by molar-refractivity contribution is -0.275. The average molecular weight is 223 g/mol. The molecule has 0 saturated carbocycles. The molecular formula is C8H8F3NO3. The number of pyridine rings is 1. The van der Waals surface area contributed by atoms with E-state index < -0.39 is 17.7 Å². The van der Waals surface area contributed by atoms with Gasteiger partial charge in [0.1, 0.15) is 0 Å². The summed E-state index contributed by atoms with van der Waals surface area (Å²) in [5.74, 6) is -0.723. The highest BCUT2D eigenvalue weighted by atomic mass is 19.4. The van der Waals surface area contributed by atoms with Crippen LogP contribution in [0.25, 0.3) is 0 Å². The zero-order valence-electron chi connectivity index (χ0n) is 7.94. The fourth-order valence-corrected chi connectivity index (χ4v) is 0.969. The third-order valence-corrected chi connectivity index (χ3v) is 1.60. The summed E-state index contributed by atoms with van der Waals surface area (Å²) in [7, 11) is 1.18. The quantitative estimate of drug-likeness (QED) is 0.828. The number of aromatic amines is 1. The van der Waals surface area contributed by atoms with Gasteiger partial charge in [-0.2, -0.15) is 0 Å². The first-order valence-electron chi connectivity index (χ1n) is 3.87. The number of aromatic nitrogens is 1. The van der Waals surface area contributed by atoms with Gasteiger partial charge in [-0.1, -0.05) is 0 Å². The van der Waals surface area contributed by atoms with Gasteiger partial charge in [0.25, 0.3) is 5.56 Å².